The van der Waals surface area contributed by atoms with Gasteiger partial charge in [0.25, 0.3) is 0 Å². The predicted octanol–water partition coefficient (Wildman–Crippen LogP) is 3.50. The molecule has 1 aliphatic heterocycles. The summed E-state index contributed by atoms with van der Waals surface area (Å²) in [7, 11) is 0. The number of carbonyl (C=O) groups excluding carboxylic acids is 2. The van der Waals surface area contributed by atoms with Gasteiger partial charge in [-0.3, -0.25) is 9.59 Å². The van der Waals surface area contributed by atoms with Crippen molar-refractivity contribution in [3.05, 3.63) is 0 Å². The van der Waals surface area contributed by atoms with E-state index in [0.717, 1.165) is 38.0 Å². The van der Waals surface area contributed by atoms with Crippen LogP contribution < -0.4 is 0 Å². The third-order valence-corrected chi connectivity index (χ3v) is 11.6. The fraction of sp³-hybridized carbons (Fsp3) is 0.917. The third kappa shape index (κ3) is 1.55. The Kier molecular flexibility index (Phi) is 2.74. The van der Waals surface area contributed by atoms with Gasteiger partial charge in [-0.05, 0) is 74.0 Å². The molecule has 0 aromatic rings. The molecule has 0 aromatic carbocycles. The molecule has 7 aliphatic rings. The second kappa shape index (κ2) is 4.55. The highest BCUT2D eigenvalue weighted by Crippen LogP contribution is 2.83. The van der Waals surface area contributed by atoms with Gasteiger partial charge < -0.3 is 9.84 Å². The van der Waals surface area contributed by atoms with Crippen LogP contribution in [0.25, 0.3) is 0 Å². The summed E-state index contributed by atoms with van der Waals surface area (Å²) < 4.78 is 6.20. The average Bonchev–Trinajstić information content (AvgIpc) is 3.54. The van der Waals surface area contributed by atoms with Crippen LogP contribution in [0.15, 0.2) is 0 Å². The van der Waals surface area contributed by atoms with Crippen LogP contribution in [0.1, 0.15) is 71.6 Å². The maximum Gasteiger partial charge on any atom is 0.306 e. The molecule has 1 saturated heterocycles. The molecule has 7 fully saturated rings. The van der Waals surface area contributed by atoms with Gasteiger partial charge in [0.1, 0.15) is 11.4 Å². The van der Waals surface area contributed by atoms with Crippen LogP contribution >= 0.6 is 0 Å². The summed E-state index contributed by atoms with van der Waals surface area (Å²) >= 11 is 0. The lowest BCUT2D eigenvalue weighted by molar-refractivity contribution is -0.223. The summed E-state index contributed by atoms with van der Waals surface area (Å²) in [6, 6.07) is 0. The van der Waals surface area contributed by atoms with E-state index < -0.39 is 5.60 Å². The summed E-state index contributed by atoms with van der Waals surface area (Å²) in [5, 5.41) is 11.8. The Morgan fingerprint density at radius 3 is 2.46 bits per heavy atom. The Morgan fingerprint density at radius 2 is 1.71 bits per heavy atom. The predicted molar refractivity (Wildman–Crippen MR) is 101 cm³/mol. The monoisotopic (exact) mass is 384 g/mol. The molecule has 6 saturated carbocycles. The minimum Gasteiger partial charge on any atom is -0.458 e. The van der Waals surface area contributed by atoms with Crippen LogP contribution in [-0.2, 0) is 14.3 Å². The van der Waals surface area contributed by atoms with Crippen LogP contribution in [-0.4, -0.2) is 28.1 Å². The zero-order valence-corrected chi connectivity index (χ0v) is 17.1. The normalized spacial score (nSPS) is 65.8. The molecule has 6 aliphatic carbocycles. The van der Waals surface area contributed by atoms with E-state index in [2.05, 4.69) is 13.8 Å². The number of hydrogen-bond donors (Lipinski definition) is 1. The lowest BCUT2D eigenvalue weighted by atomic mass is 9.42. The molecule has 0 unspecified atom stereocenters. The Labute approximate surface area is 166 Å². The molecule has 1 heterocycles. The standard InChI is InChI=1S/C24H32O4/c1-21-6-3-12(25)11-23(21,27)16-9-13(16)19-15(21)4-7-22(2)20(19)14-10-17(14)24(22)8-5-18(26)28-24/h13-17,19-20,27H,3-11H2,1-2H3/t13-,14+,15-,16+,17-,19+,20-,21+,22-,23+,24-/m0/s1. The number of fused-ring (bicyclic) bond motifs is 12. The van der Waals surface area contributed by atoms with Crippen molar-refractivity contribution in [1.82, 2.24) is 0 Å². The van der Waals surface area contributed by atoms with Crippen LogP contribution in [0, 0.1) is 52.3 Å². The maximum atomic E-state index is 12.3. The van der Waals surface area contributed by atoms with Crippen molar-refractivity contribution in [2.75, 3.05) is 0 Å². The van der Waals surface area contributed by atoms with Gasteiger partial charge in [-0.1, -0.05) is 13.8 Å². The van der Waals surface area contributed by atoms with E-state index >= 15 is 0 Å². The topological polar surface area (TPSA) is 63.6 Å². The molecule has 11 atom stereocenters. The van der Waals surface area contributed by atoms with Crippen LogP contribution in [0.5, 0.6) is 0 Å². The first-order valence-corrected chi connectivity index (χ1v) is 11.7. The van der Waals surface area contributed by atoms with Crippen molar-refractivity contribution in [3.8, 4) is 0 Å². The first-order chi connectivity index (χ1) is 13.3. The molecular weight excluding hydrogens is 352 g/mol. The molecule has 4 nitrogen and oxygen atoms in total. The third-order valence-electron chi connectivity index (χ3n) is 11.6. The van der Waals surface area contributed by atoms with Crippen LogP contribution in [0.2, 0.25) is 0 Å². The molecule has 0 radical (unpaired) electrons. The first kappa shape index (κ1) is 16.8. The summed E-state index contributed by atoms with van der Waals surface area (Å²) in [5.74, 6) is 4.36. The Hall–Kier alpha value is -0.900. The molecule has 1 spiro atoms. The van der Waals surface area contributed by atoms with Gasteiger partial charge in [0.05, 0.1) is 5.60 Å². The van der Waals surface area contributed by atoms with Gasteiger partial charge in [-0.15, -0.1) is 0 Å². The van der Waals surface area contributed by atoms with Crippen LogP contribution in [0.3, 0.4) is 0 Å². The summed E-state index contributed by atoms with van der Waals surface area (Å²) in [4.78, 5) is 24.4. The Balaban J connectivity index is 1.32. The number of rotatable bonds is 0. The molecule has 28 heavy (non-hydrogen) atoms. The van der Waals surface area contributed by atoms with Crippen molar-refractivity contribution in [3.63, 3.8) is 0 Å². The SMILES string of the molecule is C[C@]12CC[C@H]3[C@@H]([C@H]4C[C@H]4[C@]4(O)CC(=O)CC[C@]34C)[C@@H]1[C@@H]1C[C@@H]1[C@@]21CCC(=O)O1. The van der Waals surface area contributed by atoms with E-state index in [4.69, 9.17) is 4.74 Å². The molecule has 0 bridgehead atoms. The molecular formula is C24H32O4. The van der Waals surface area contributed by atoms with E-state index in [0.29, 0.717) is 54.8 Å². The summed E-state index contributed by atoms with van der Waals surface area (Å²) in [6.45, 7) is 4.77. The van der Waals surface area contributed by atoms with E-state index in [1.165, 1.54) is 6.42 Å². The minimum absolute atomic E-state index is 0.0229. The second-order valence-electron chi connectivity index (χ2n) is 12.1. The first-order valence-electron chi connectivity index (χ1n) is 11.7. The highest BCUT2D eigenvalue weighted by molar-refractivity contribution is 5.81. The largest absolute Gasteiger partial charge is 0.458 e. The van der Waals surface area contributed by atoms with E-state index in [1.807, 2.05) is 0 Å². The fourth-order valence-corrected chi connectivity index (χ4v) is 10.3. The van der Waals surface area contributed by atoms with Crippen molar-refractivity contribution >= 4 is 11.8 Å². The van der Waals surface area contributed by atoms with E-state index in [1.54, 1.807) is 0 Å². The van der Waals surface area contributed by atoms with E-state index in [-0.39, 0.29) is 28.2 Å². The smallest absolute Gasteiger partial charge is 0.306 e. The van der Waals surface area contributed by atoms with Gasteiger partial charge in [0, 0.05) is 36.0 Å². The lowest BCUT2D eigenvalue weighted by Crippen LogP contribution is -2.65. The number of esters is 1. The number of aliphatic hydroxyl groups is 1. The lowest BCUT2D eigenvalue weighted by Gasteiger charge is -2.64. The number of carbonyl (C=O) groups is 2. The highest BCUT2D eigenvalue weighted by atomic mass is 16.6. The molecule has 4 heteroatoms. The maximum absolute atomic E-state index is 12.3. The average molecular weight is 385 g/mol. The molecule has 1 N–H and O–H groups in total. The van der Waals surface area contributed by atoms with Gasteiger partial charge in [0.15, 0.2) is 0 Å². The minimum atomic E-state index is -0.763. The molecule has 152 valence electrons. The zero-order chi connectivity index (χ0) is 19.3. The summed E-state index contributed by atoms with van der Waals surface area (Å²) in [6.07, 6.45) is 8.04. The van der Waals surface area contributed by atoms with Gasteiger partial charge in [-0.25, -0.2) is 0 Å². The van der Waals surface area contributed by atoms with E-state index in [9.17, 15) is 14.7 Å². The van der Waals surface area contributed by atoms with Gasteiger partial charge in [0.2, 0.25) is 0 Å². The van der Waals surface area contributed by atoms with Crippen molar-refractivity contribution < 1.29 is 19.4 Å². The summed E-state index contributed by atoms with van der Waals surface area (Å²) in [5.41, 5.74) is -0.943. The second-order valence-corrected chi connectivity index (χ2v) is 12.1. The number of Topliss-reactive ketones (excluding diaryl/α,β-unsaturated/α-hetero) is 1. The van der Waals surface area contributed by atoms with Crippen molar-refractivity contribution in [1.29, 1.82) is 0 Å². The Morgan fingerprint density at radius 1 is 0.929 bits per heavy atom. The highest BCUT2D eigenvalue weighted by Gasteiger charge is 2.83. The zero-order valence-electron chi connectivity index (χ0n) is 17.1. The number of ketones is 1. The number of hydrogen-bond acceptors (Lipinski definition) is 4. The van der Waals surface area contributed by atoms with Crippen molar-refractivity contribution in [2.45, 2.75) is 82.8 Å². The number of ether oxygens (including phenoxy) is 1. The quantitative estimate of drug-likeness (QED) is 0.649. The van der Waals surface area contributed by atoms with Gasteiger partial charge >= 0.3 is 5.97 Å². The fourth-order valence-electron chi connectivity index (χ4n) is 10.3. The molecule has 0 aromatic heterocycles. The van der Waals surface area contributed by atoms with Crippen LogP contribution in [0.4, 0.5) is 0 Å². The molecule has 7 rings (SSSR count). The Bertz CT molecular complexity index is 821. The van der Waals surface area contributed by atoms with Gasteiger partial charge in [-0.2, -0.15) is 0 Å². The van der Waals surface area contributed by atoms with Crippen molar-refractivity contribution in [2.24, 2.45) is 52.3 Å². The molecule has 0 amide bonds.